The lowest BCUT2D eigenvalue weighted by atomic mass is 10.2. The van der Waals surface area contributed by atoms with Gasteiger partial charge in [-0.05, 0) is 30.7 Å². The average molecular weight is 232 g/mol. The first-order valence-electron chi connectivity index (χ1n) is 6.16. The third kappa shape index (κ3) is 5.94. The van der Waals surface area contributed by atoms with Gasteiger partial charge in [0.25, 0.3) is 0 Å². The molecule has 0 aliphatic carbocycles. The van der Waals surface area contributed by atoms with Crippen molar-refractivity contribution in [1.82, 2.24) is 5.32 Å². The number of benzene rings is 1. The highest BCUT2D eigenvalue weighted by Crippen LogP contribution is 2.12. The van der Waals surface area contributed by atoms with E-state index in [2.05, 4.69) is 18.3 Å². The molecule has 1 N–H and O–H groups in total. The second-order valence-electron chi connectivity index (χ2n) is 3.98. The molecule has 0 heterocycles. The molecule has 0 bridgehead atoms. The van der Waals surface area contributed by atoms with Crippen LogP contribution in [0.5, 0.6) is 5.75 Å². The van der Waals surface area contributed by atoms with Crippen LogP contribution in [0, 0.1) is 11.3 Å². The Hall–Kier alpha value is -1.53. The molecule has 0 saturated heterocycles. The minimum atomic E-state index is 0.105. The van der Waals surface area contributed by atoms with Crippen molar-refractivity contribution in [2.75, 3.05) is 13.2 Å². The predicted molar refractivity (Wildman–Crippen MR) is 68.8 cm³/mol. The number of hydrogen-bond acceptors (Lipinski definition) is 3. The molecule has 92 valence electrons. The maximum absolute atomic E-state index is 8.43. The van der Waals surface area contributed by atoms with Gasteiger partial charge in [-0.15, -0.1) is 0 Å². The van der Waals surface area contributed by atoms with Gasteiger partial charge in [-0.25, -0.2) is 0 Å². The normalized spacial score (nSPS) is 9.88. The Bertz CT molecular complexity index is 357. The van der Waals surface area contributed by atoms with Crippen LogP contribution in [0.1, 0.15) is 31.7 Å². The van der Waals surface area contributed by atoms with Crippen LogP contribution < -0.4 is 10.1 Å². The molecule has 0 aliphatic heterocycles. The summed E-state index contributed by atoms with van der Waals surface area (Å²) >= 11 is 0. The molecule has 0 saturated carbocycles. The van der Waals surface area contributed by atoms with E-state index in [0.717, 1.165) is 18.8 Å². The first kappa shape index (κ1) is 13.5. The molecular formula is C14H20N2O. The zero-order valence-corrected chi connectivity index (χ0v) is 10.4. The van der Waals surface area contributed by atoms with Crippen molar-refractivity contribution in [2.45, 2.75) is 32.7 Å². The summed E-state index contributed by atoms with van der Waals surface area (Å²) in [5.41, 5.74) is 1.19. The van der Waals surface area contributed by atoms with Gasteiger partial charge in [0.05, 0.1) is 0 Å². The van der Waals surface area contributed by atoms with Crippen molar-refractivity contribution in [1.29, 1.82) is 5.26 Å². The zero-order chi connectivity index (χ0) is 12.3. The SMILES string of the molecule is CCCCCNCc1cccc(OCC#N)c1. The highest BCUT2D eigenvalue weighted by molar-refractivity contribution is 5.28. The Morgan fingerprint density at radius 3 is 3.00 bits per heavy atom. The van der Waals surface area contributed by atoms with E-state index in [1.54, 1.807) is 0 Å². The lowest BCUT2D eigenvalue weighted by Gasteiger charge is -2.06. The molecule has 0 fully saturated rings. The highest BCUT2D eigenvalue weighted by atomic mass is 16.5. The van der Waals surface area contributed by atoms with E-state index in [-0.39, 0.29) is 6.61 Å². The summed E-state index contributed by atoms with van der Waals surface area (Å²) < 4.78 is 5.25. The second-order valence-corrected chi connectivity index (χ2v) is 3.98. The van der Waals surface area contributed by atoms with E-state index in [4.69, 9.17) is 10.00 Å². The summed E-state index contributed by atoms with van der Waals surface area (Å²) in [6, 6.07) is 9.83. The van der Waals surface area contributed by atoms with Gasteiger partial charge in [-0.2, -0.15) is 5.26 Å². The van der Waals surface area contributed by atoms with E-state index in [0.29, 0.717) is 0 Å². The monoisotopic (exact) mass is 232 g/mol. The Morgan fingerprint density at radius 1 is 1.35 bits per heavy atom. The van der Waals surface area contributed by atoms with Crippen LogP contribution in [0.25, 0.3) is 0 Å². The molecule has 0 unspecified atom stereocenters. The van der Waals surface area contributed by atoms with Crippen molar-refractivity contribution in [2.24, 2.45) is 0 Å². The maximum atomic E-state index is 8.43. The summed E-state index contributed by atoms with van der Waals surface area (Å²) in [7, 11) is 0. The van der Waals surface area contributed by atoms with Gasteiger partial charge in [0, 0.05) is 6.54 Å². The van der Waals surface area contributed by atoms with Crippen molar-refractivity contribution in [3.8, 4) is 11.8 Å². The van der Waals surface area contributed by atoms with Crippen LogP contribution in [-0.4, -0.2) is 13.2 Å². The minimum absolute atomic E-state index is 0.105. The number of rotatable bonds is 8. The lowest BCUT2D eigenvalue weighted by Crippen LogP contribution is -2.14. The Kier molecular flexibility index (Phi) is 6.85. The Balaban J connectivity index is 2.30. The average Bonchev–Trinajstić information content (AvgIpc) is 2.37. The topological polar surface area (TPSA) is 45.0 Å². The largest absolute Gasteiger partial charge is 0.479 e. The van der Waals surface area contributed by atoms with E-state index in [9.17, 15) is 0 Å². The third-order valence-corrected chi connectivity index (χ3v) is 2.49. The van der Waals surface area contributed by atoms with Crippen molar-refractivity contribution in [3.05, 3.63) is 29.8 Å². The smallest absolute Gasteiger partial charge is 0.174 e. The molecule has 3 nitrogen and oxygen atoms in total. The number of nitrogens with one attached hydrogen (secondary N) is 1. The quantitative estimate of drug-likeness (QED) is 0.701. The Labute approximate surface area is 103 Å². The first-order chi connectivity index (χ1) is 8.36. The van der Waals surface area contributed by atoms with Crippen LogP contribution in [0.4, 0.5) is 0 Å². The van der Waals surface area contributed by atoms with Crippen LogP contribution in [0.3, 0.4) is 0 Å². The molecule has 0 radical (unpaired) electrons. The molecule has 1 aromatic carbocycles. The summed E-state index contributed by atoms with van der Waals surface area (Å²) in [6.45, 7) is 4.22. The van der Waals surface area contributed by atoms with E-state index < -0.39 is 0 Å². The zero-order valence-electron chi connectivity index (χ0n) is 10.4. The summed E-state index contributed by atoms with van der Waals surface area (Å²) in [5.74, 6) is 0.763. The van der Waals surface area contributed by atoms with Gasteiger partial charge in [0.2, 0.25) is 0 Å². The standard InChI is InChI=1S/C14H20N2O/c1-2-3-4-9-16-12-13-6-5-7-14(11-13)17-10-8-15/h5-7,11,16H,2-4,9-10,12H2,1H3. The molecular weight excluding hydrogens is 212 g/mol. The van der Waals surface area contributed by atoms with E-state index in [1.807, 2.05) is 24.3 Å². The lowest BCUT2D eigenvalue weighted by molar-refractivity contribution is 0.367. The summed E-state index contributed by atoms with van der Waals surface area (Å²) in [4.78, 5) is 0. The molecule has 1 rings (SSSR count). The van der Waals surface area contributed by atoms with Gasteiger partial charge in [-0.3, -0.25) is 0 Å². The predicted octanol–water partition coefficient (Wildman–Crippen LogP) is 2.87. The summed E-state index contributed by atoms with van der Waals surface area (Å²) in [5, 5.41) is 11.8. The van der Waals surface area contributed by atoms with Gasteiger partial charge in [0.1, 0.15) is 11.8 Å². The van der Waals surface area contributed by atoms with Crippen LogP contribution in [0.15, 0.2) is 24.3 Å². The molecule has 0 aliphatic rings. The second kappa shape index (κ2) is 8.60. The number of hydrogen-bond donors (Lipinski definition) is 1. The minimum Gasteiger partial charge on any atom is -0.479 e. The van der Waals surface area contributed by atoms with Crippen molar-refractivity contribution >= 4 is 0 Å². The van der Waals surface area contributed by atoms with Crippen molar-refractivity contribution < 1.29 is 4.74 Å². The first-order valence-corrected chi connectivity index (χ1v) is 6.16. The molecule has 17 heavy (non-hydrogen) atoms. The van der Waals surface area contributed by atoms with Gasteiger partial charge >= 0.3 is 0 Å². The molecule has 0 aromatic heterocycles. The molecule has 0 atom stereocenters. The van der Waals surface area contributed by atoms with E-state index >= 15 is 0 Å². The molecule has 1 aromatic rings. The highest BCUT2D eigenvalue weighted by Gasteiger charge is 1.96. The third-order valence-electron chi connectivity index (χ3n) is 2.49. The summed E-state index contributed by atoms with van der Waals surface area (Å²) in [6.07, 6.45) is 3.75. The number of nitrogens with zero attached hydrogens (tertiary/aromatic N) is 1. The van der Waals surface area contributed by atoms with Gasteiger partial charge < -0.3 is 10.1 Å². The molecule has 0 amide bonds. The number of nitriles is 1. The van der Waals surface area contributed by atoms with Crippen molar-refractivity contribution in [3.63, 3.8) is 0 Å². The Morgan fingerprint density at radius 2 is 2.24 bits per heavy atom. The van der Waals surface area contributed by atoms with Crippen LogP contribution >= 0.6 is 0 Å². The maximum Gasteiger partial charge on any atom is 0.174 e. The number of ether oxygens (including phenoxy) is 1. The van der Waals surface area contributed by atoms with E-state index in [1.165, 1.54) is 24.8 Å². The van der Waals surface area contributed by atoms with Gasteiger partial charge in [0.15, 0.2) is 6.61 Å². The van der Waals surface area contributed by atoms with Crippen LogP contribution in [-0.2, 0) is 6.54 Å². The van der Waals surface area contributed by atoms with Crippen LogP contribution in [0.2, 0.25) is 0 Å². The van der Waals surface area contributed by atoms with Gasteiger partial charge in [-0.1, -0.05) is 31.9 Å². The fourth-order valence-electron chi connectivity index (χ4n) is 1.59. The fourth-order valence-corrected chi connectivity index (χ4v) is 1.59. The molecule has 3 heteroatoms. The fraction of sp³-hybridized carbons (Fsp3) is 0.500. The number of unbranched alkanes of at least 4 members (excludes halogenated alkanes) is 2. The molecule has 0 spiro atoms.